The Balaban J connectivity index is 1.45. The molecule has 0 unspecified atom stereocenters. The van der Waals surface area contributed by atoms with Crippen LogP contribution in [0.4, 0.5) is 0 Å². The summed E-state index contributed by atoms with van der Waals surface area (Å²) in [5.41, 5.74) is 2.76. The summed E-state index contributed by atoms with van der Waals surface area (Å²) < 4.78 is 23.2. The molecule has 0 bridgehead atoms. The van der Waals surface area contributed by atoms with E-state index in [1.54, 1.807) is 61.5 Å². The van der Waals surface area contributed by atoms with Gasteiger partial charge in [0.05, 0.1) is 17.7 Å². The standard InChI is InChI=1S/C25H16BrClO6/c1-13-20(33-25(29)14-2-4-17(26)5-3-14)7-6-19-22(28)21(32-23(13)19)10-15-8-18(27)9-16-11-30-12-31-24(15)16/h2-10H,11-12H2,1H3/b21-10-. The molecule has 5 rings (SSSR count). The Kier molecular flexibility index (Phi) is 5.70. The summed E-state index contributed by atoms with van der Waals surface area (Å²) in [7, 11) is 0. The number of esters is 1. The lowest BCUT2D eigenvalue weighted by atomic mass is 10.0. The van der Waals surface area contributed by atoms with Crippen LogP contribution in [0.5, 0.6) is 17.2 Å². The molecule has 0 saturated heterocycles. The van der Waals surface area contributed by atoms with Gasteiger partial charge in [-0.3, -0.25) is 4.79 Å². The molecule has 0 aromatic heterocycles. The molecule has 3 aromatic rings. The number of Topliss-reactive ketones (excluding diaryl/α,β-unsaturated/α-hetero) is 1. The van der Waals surface area contributed by atoms with Crippen LogP contribution >= 0.6 is 27.5 Å². The van der Waals surface area contributed by atoms with Crippen LogP contribution in [0, 0.1) is 6.92 Å². The van der Waals surface area contributed by atoms with Crippen molar-refractivity contribution in [2.24, 2.45) is 0 Å². The second-order valence-corrected chi connectivity index (χ2v) is 8.85. The van der Waals surface area contributed by atoms with Crippen LogP contribution in [-0.4, -0.2) is 18.5 Å². The Hall–Kier alpha value is -3.13. The van der Waals surface area contributed by atoms with Gasteiger partial charge in [-0.05, 0) is 61.5 Å². The molecule has 2 aliphatic rings. The van der Waals surface area contributed by atoms with E-state index in [1.807, 2.05) is 0 Å². The molecule has 0 spiro atoms. The second-order valence-electron chi connectivity index (χ2n) is 7.50. The number of allylic oxidation sites excluding steroid dienone is 1. The largest absolute Gasteiger partial charge is 0.467 e. The lowest BCUT2D eigenvalue weighted by Gasteiger charge is -2.20. The number of ether oxygens (including phenoxy) is 4. The van der Waals surface area contributed by atoms with Crippen LogP contribution in [0.15, 0.2) is 58.8 Å². The first kappa shape index (κ1) is 21.7. The molecule has 0 aliphatic carbocycles. The van der Waals surface area contributed by atoms with Crippen LogP contribution in [0.25, 0.3) is 6.08 Å². The summed E-state index contributed by atoms with van der Waals surface area (Å²) in [6.07, 6.45) is 1.60. The third-order valence-corrected chi connectivity index (χ3v) is 6.06. The lowest BCUT2D eigenvalue weighted by Crippen LogP contribution is -2.12. The maximum Gasteiger partial charge on any atom is 0.343 e. The first-order chi connectivity index (χ1) is 15.9. The lowest BCUT2D eigenvalue weighted by molar-refractivity contribution is -0.0165. The summed E-state index contributed by atoms with van der Waals surface area (Å²) in [6, 6.07) is 13.5. The SMILES string of the molecule is Cc1c(OC(=O)c2ccc(Br)cc2)ccc2c1O/C(=C\c1cc(Cl)cc3c1OCOC3)C2=O. The molecule has 8 heteroatoms. The molecule has 0 fully saturated rings. The normalized spacial score (nSPS) is 15.5. The maximum absolute atomic E-state index is 13.0. The molecule has 6 nitrogen and oxygen atoms in total. The smallest absolute Gasteiger partial charge is 0.343 e. The first-order valence-corrected chi connectivity index (χ1v) is 11.2. The molecular weight excluding hydrogens is 512 g/mol. The first-order valence-electron chi connectivity index (χ1n) is 9.99. The van der Waals surface area contributed by atoms with Crippen molar-refractivity contribution in [2.45, 2.75) is 13.5 Å². The molecule has 0 N–H and O–H groups in total. The molecule has 166 valence electrons. The highest BCUT2D eigenvalue weighted by Crippen LogP contribution is 2.41. The van der Waals surface area contributed by atoms with E-state index in [0.29, 0.717) is 51.1 Å². The number of benzene rings is 3. The van der Waals surface area contributed by atoms with Gasteiger partial charge in [0.2, 0.25) is 5.78 Å². The van der Waals surface area contributed by atoms with E-state index >= 15 is 0 Å². The Morgan fingerprint density at radius 1 is 1.12 bits per heavy atom. The van der Waals surface area contributed by atoms with Crippen molar-refractivity contribution >= 4 is 45.4 Å². The van der Waals surface area contributed by atoms with E-state index in [0.717, 1.165) is 10.0 Å². The minimum Gasteiger partial charge on any atom is -0.467 e. The summed E-state index contributed by atoms with van der Waals surface area (Å²) >= 11 is 9.57. The van der Waals surface area contributed by atoms with Crippen molar-refractivity contribution in [2.75, 3.05) is 6.79 Å². The van der Waals surface area contributed by atoms with E-state index in [4.69, 9.17) is 30.5 Å². The highest BCUT2D eigenvalue weighted by atomic mass is 79.9. The van der Waals surface area contributed by atoms with Crippen molar-refractivity contribution in [3.63, 3.8) is 0 Å². The molecule has 0 radical (unpaired) electrons. The molecule has 33 heavy (non-hydrogen) atoms. The third kappa shape index (κ3) is 4.15. The van der Waals surface area contributed by atoms with Crippen LogP contribution in [0.2, 0.25) is 5.02 Å². The Bertz CT molecular complexity index is 1330. The summed E-state index contributed by atoms with van der Waals surface area (Å²) in [6.45, 7) is 2.22. The fourth-order valence-electron chi connectivity index (χ4n) is 3.68. The van der Waals surface area contributed by atoms with Gasteiger partial charge in [-0.15, -0.1) is 0 Å². The zero-order chi connectivity index (χ0) is 23.1. The second kappa shape index (κ2) is 8.67. The Morgan fingerprint density at radius 2 is 1.91 bits per heavy atom. The molecule has 2 aliphatic heterocycles. The van der Waals surface area contributed by atoms with Crippen molar-refractivity contribution in [1.82, 2.24) is 0 Å². The van der Waals surface area contributed by atoms with Gasteiger partial charge in [0, 0.05) is 26.2 Å². The predicted molar refractivity (Wildman–Crippen MR) is 125 cm³/mol. The fourth-order valence-corrected chi connectivity index (χ4v) is 4.19. The van der Waals surface area contributed by atoms with Gasteiger partial charge >= 0.3 is 5.97 Å². The quantitative estimate of drug-likeness (QED) is 0.232. The Morgan fingerprint density at radius 3 is 2.70 bits per heavy atom. The van der Waals surface area contributed by atoms with Gasteiger partial charge in [-0.1, -0.05) is 27.5 Å². The number of ketones is 1. The fraction of sp³-hybridized carbons (Fsp3) is 0.120. The number of fused-ring (bicyclic) bond motifs is 2. The third-order valence-electron chi connectivity index (χ3n) is 5.31. The van der Waals surface area contributed by atoms with Crippen molar-refractivity contribution in [3.8, 4) is 17.2 Å². The van der Waals surface area contributed by atoms with Gasteiger partial charge in [0.25, 0.3) is 0 Å². The number of carbonyl (C=O) groups excluding carboxylic acids is 2. The van der Waals surface area contributed by atoms with Gasteiger partial charge < -0.3 is 18.9 Å². The molecular formula is C25H16BrClO6. The average Bonchev–Trinajstić information content (AvgIpc) is 3.12. The van der Waals surface area contributed by atoms with Gasteiger partial charge in [-0.2, -0.15) is 0 Å². The van der Waals surface area contributed by atoms with E-state index < -0.39 is 5.97 Å². The van der Waals surface area contributed by atoms with Gasteiger partial charge in [-0.25, -0.2) is 4.79 Å². The van der Waals surface area contributed by atoms with Crippen LogP contribution in [-0.2, 0) is 11.3 Å². The van der Waals surface area contributed by atoms with E-state index in [2.05, 4.69) is 15.9 Å². The van der Waals surface area contributed by atoms with Crippen molar-refractivity contribution in [1.29, 1.82) is 0 Å². The minimum atomic E-state index is -0.504. The zero-order valence-corrected chi connectivity index (χ0v) is 19.7. The maximum atomic E-state index is 13.0. The summed E-state index contributed by atoms with van der Waals surface area (Å²) in [5.74, 6) is 0.620. The van der Waals surface area contributed by atoms with E-state index in [-0.39, 0.29) is 18.3 Å². The monoisotopic (exact) mass is 526 g/mol. The average molecular weight is 528 g/mol. The zero-order valence-electron chi connectivity index (χ0n) is 17.3. The summed E-state index contributed by atoms with van der Waals surface area (Å²) in [5, 5.41) is 0.496. The number of rotatable bonds is 3. The number of halogens is 2. The van der Waals surface area contributed by atoms with Crippen LogP contribution in [0.3, 0.4) is 0 Å². The van der Waals surface area contributed by atoms with E-state index in [1.165, 1.54) is 0 Å². The predicted octanol–water partition coefficient (Wildman–Crippen LogP) is 6.11. The van der Waals surface area contributed by atoms with E-state index in [9.17, 15) is 9.59 Å². The van der Waals surface area contributed by atoms with Crippen LogP contribution in [0.1, 0.15) is 37.4 Å². The van der Waals surface area contributed by atoms with Gasteiger partial charge in [0.1, 0.15) is 17.2 Å². The van der Waals surface area contributed by atoms with Crippen molar-refractivity contribution < 1.29 is 28.5 Å². The highest BCUT2D eigenvalue weighted by molar-refractivity contribution is 9.10. The Labute approximate surface area is 202 Å². The highest BCUT2D eigenvalue weighted by Gasteiger charge is 2.31. The number of hydrogen-bond acceptors (Lipinski definition) is 6. The number of hydrogen-bond donors (Lipinski definition) is 0. The molecule has 2 heterocycles. The van der Waals surface area contributed by atoms with Crippen molar-refractivity contribution in [3.05, 3.63) is 91.6 Å². The summed E-state index contributed by atoms with van der Waals surface area (Å²) in [4.78, 5) is 25.5. The minimum absolute atomic E-state index is 0.117. The van der Waals surface area contributed by atoms with Crippen LogP contribution < -0.4 is 14.2 Å². The van der Waals surface area contributed by atoms with Gasteiger partial charge in [0.15, 0.2) is 12.6 Å². The number of carbonyl (C=O) groups is 2. The molecule has 0 atom stereocenters. The molecule has 0 amide bonds. The topological polar surface area (TPSA) is 71.1 Å². The molecule has 3 aromatic carbocycles. The molecule has 0 saturated carbocycles.